The molecule has 0 aromatic heterocycles. The number of benzene rings is 1. The Kier molecular flexibility index (Phi) is 8.75. The van der Waals surface area contributed by atoms with Crippen LogP contribution < -0.4 is 15.4 Å². The zero-order valence-electron chi connectivity index (χ0n) is 18.1. The van der Waals surface area contributed by atoms with Crippen molar-refractivity contribution in [1.82, 2.24) is 15.5 Å². The van der Waals surface area contributed by atoms with Gasteiger partial charge in [0.1, 0.15) is 5.75 Å². The van der Waals surface area contributed by atoms with Gasteiger partial charge in [0.05, 0.1) is 19.6 Å². The molecular formula is C24H35N3O3. The fourth-order valence-electron chi connectivity index (χ4n) is 4.49. The number of hydrogen-bond acceptors (Lipinski definition) is 4. The Morgan fingerprint density at radius 1 is 1.30 bits per heavy atom. The van der Waals surface area contributed by atoms with E-state index in [1.807, 2.05) is 36.4 Å². The minimum atomic E-state index is -0.420. The molecule has 1 saturated heterocycles. The number of para-hydroxylation sites is 1. The van der Waals surface area contributed by atoms with Gasteiger partial charge in [-0.1, -0.05) is 56.0 Å². The van der Waals surface area contributed by atoms with Crippen LogP contribution in [-0.4, -0.2) is 56.0 Å². The van der Waals surface area contributed by atoms with Crippen molar-refractivity contribution >= 4 is 17.9 Å². The van der Waals surface area contributed by atoms with Crippen molar-refractivity contribution in [3.05, 3.63) is 35.9 Å². The summed E-state index contributed by atoms with van der Waals surface area (Å²) in [5.41, 5.74) is 0.998. The van der Waals surface area contributed by atoms with Crippen molar-refractivity contribution in [2.24, 2.45) is 5.92 Å². The van der Waals surface area contributed by atoms with Crippen molar-refractivity contribution < 1.29 is 14.3 Å². The molecule has 2 fully saturated rings. The molecule has 1 atom stereocenters. The number of piperazine rings is 1. The molecular weight excluding hydrogens is 378 g/mol. The Morgan fingerprint density at radius 3 is 2.90 bits per heavy atom. The molecule has 1 aromatic carbocycles. The third kappa shape index (κ3) is 6.59. The first kappa shape index (κ1) is 22.3. The number of nitrogens with one attached hydrogen (secondary N) is 2. The fraction of sp³-hybridized carbons (Fsp3) is 0.583. The summed E-state index contributed by atoms with van der Waals surface area (Å²) in [6.45, 7) is 2.67. The molecule has 2 aliphatic rings. The molecule has 1 saturated carbocycles. The van der Waals surface area contributed by atoms with E-state index < -0.39 is 6.04 Å². The smallest absolute Gasteiger partial charge is 0.237 e. The van der Waals surface area contributed by atoms with Crippen LogP contribution in [-0.2, 0) is 9.59 Å². The average Bonchev–Trinajstić information content (AvgIpc) is 3.27. The summed E-state index contributed by atoms with van der Waals surface area (Å²) >= 11 is 0. The van der Waals surface area contributed by atoms with Gasteiger partial charge < -0.3 is 15.4 Å². The number of rotatable bonds is 10. The van der Waals surface area contributed by atoms with Gasteiger partial charge in [-0.15, -0.1) is 0 Å². The lowest BCUT2D eigenvalue weighted by atomic mass is 10.0. The Balaban J connectivity index is 1.46. The van der Waals surface area contributed by atoms with Crippen molar-refractivity contribution in [2.45, 2.75) is 51.0 Å². The van der Waals surface area contributed by atoms with Gasteiger partial charge in [-0.3, -0.25) is 14.5 Å². The van der Waals surface area contributed by atoms with E-state index in [2.05, 4.69) is 15.5 Å². The lowest BCUT2D eigenvalue weighted by molar-refractivity contribution is -0.133. The van der Waals surface area contributed by atoms with Crippen molar-refractivity contribution in [3.63, 3.8) is 0 Å². The minimum Gasteiger partial charge on any atom is -0.496 e. The Morgan fingerprint density at radius 2 is 2.10 bits per heavy atom. The van der Waals surface area contributed by atoms with E-state index in [0.29, 0.717) is 19.6 Å². The molecule has 1 aliphatic heterocycles. The lowest BCUT2D eigenvalue weighted by Gasteiger charge is -2.33. The number of hydrogen-bond donors (Lipinski definition) is 2. The molecule has 1 aliphatic carbocycles. The van der Waals surface area contributed by atoms with Gasteiger partial charge in [0.15, 0.2) is 0 Å². The van der Waals surface area contributed by atoms with Crippen molar-refractivity contribution in [1.29, 1.82) is 0 Å². The van der Waals surface area contributed by atoms with Crippen LogP contribution in [0.2, 0.25) is 0 Å². The normalized spacial score (nSPS) is 20.4. The predicted octanol–water partition coefficient (Wildman–Crippen LogP) is 2.99. The zero-order valence-corrected chi connectivity index (χ0v) is 18.1. The lowest BCUT2D eigenvalue weighted by Crippen LogP contribution is -2.56. The summed E-state index contributed by atoms with van der Waals surface area (Å²) in [4.78, 5) is 26.9. The van der Waals surface area contributed by atoms with Crippen LogP contribution in [0.5, 0.6) is 5.75 Å². The molecule has 1 heterocycles. The zero-order chi connectivity index (χ0) is 21.2. The molecule has 164 valence electrons. The molecule has 6 heteroatoms. The molecule has 30 heavy (non-hydrogen) atoms. The van der Waals surface area contributed by atoms with E-state index in [4.69, 9.17) is 4.74 Å². The Hall–Kier alpha value is -2.34. The van der Waals surface area contributed by atoms with Crippen LogP contribution in [0, 0.1) is 5.92 Å². The van der Waals surface area contributed by atoms with Gasteiger partial charge in [0.2, 0.25) is 11.8 Å². The Bertz CT molecular complexity index is 728. The summed E-state index contributed by atoms with van der Waals surface area (Å²) in [7, 11) is 1.66. The highest BCUT2D eigenvalue weighted by molar-refractivity contribution is 5.88. The molecule has 3 rings (SSSR count). The van der Waals surface area contributed by atoms with Crippen molar-refractivity contribution in [3.8, 4) is 5.75 Å². The van der Waals surface area contributed by atoms with Crippen molar-refractivity contribution in [2.75, 3.05) is 33.3 Å². The molecule has 6 nitrogen and oxygen atoms in total. The number of nitrogens with zero attached hydrogens (tertiary/aromatic N) is 1. The van der Waals surface area contributed by atoms with Crippen LogP contribution in [0.25, 0.3) is 6.08 Å². The van der Waals surface area contributed by atoms with Crippen LogP contribution >= 0.6 is 0 Å². The van der Waals surface area contributed by atoms with Gasteiger partial charge in [-0.05, 0) is 24.8 Å². The van der Waals surface area contributed by atoms with E-state index in [9.17, 15) is 9.59 Å². The second-order valence-corrected chi connectivity index (χ2v) is 8.29. The molecule has 2 N–H and O–H groups in total. The molecule has 0 radical (unpaired) electrons. The first-order valence-electron chi connectivity index (χ1n) is 11.3. The SMILES string of the molecule is COc1ccccc1C=CCN1CCNC(=O)C1CC(=O)NCCCC1CCCC1. The number of ether oxygens (including phenoxy) is 1. The third-order valence-corrected chi connectivity index (χ3v) is 6.18. The van der Waals surface area contributed by atoms with E-state index in [1.54, 1.807) is 7.11 Å². The van der Waals surface area contributed by atoms with Gasteiger partial charge in [0.25, 0.3) is 0 Å². The first-order chi connectivity index (χ1) is 14.7. The van der Waals surface area contributed by atoms with Gasteiger partial charge >= 0.3 is 0 Å². The first-order valence-corrected chi connectivity index (χ1v) is 11.3. The second kappa shape index (κ2) is 11.7. The van der Waals surface area contributed by atoms with Gasteiger partial charge in [0, 0.05) is 31.7 Å². The second-order valence-electron chi connectivity index (χ2n) is 8.29. The highest BCUT2D eigenvalue weighted by Gasteiger charge is 2.30. The maximum Gasteiger partial charge on any atom is 0.237 e. The summed E-state index contributed by atoms with van der Waals surface area (Å²) in [5.74, 6) is 1.56. The number of amides is 2. The van der Waals surface area contributed by atoms with E-state index in [-0.39, 0.29) is 18.2 Å². The number of carbonyl (C=O) groups is 2. The highest BCUT2D eigenvalue weighted by atomic mass is 16.5. The highest BCUT2D eigenvalue weighted by Crippen LogP contribution is 2.28. The van der Waals surface area contributed by atoms with E-state index in [1.165, 1.54) is 32.1 Å². The summed E-state index contributed by atoms with van der Waals surface area (Å²) in [6.07, 6.45) is 11.9. The largest absolute Gasteiger partial charge is 0.496 e. The van der Waals surface area contributed by atoms with Gasteiger partial charge in [-0.25, -0.2) is 0 Å². The molecule has 1 aromatic rings. The number of methoxy groups -OCH3 is 1. The quantitative estimate of drug-likeness (QED) is 0.579. The third-order valence-electron chi connectivity index (χ3n) is 6.18. The minimum absolute atomic E-state index is 0.0396. The van der Waals surface area contributed by atoms with Crippen LogP contribution in [0.4, 0.5) is 0 Å². The fourth-order valence-corrected chi connectivity index (χ4v) is 4.49. The number of carbonyl (C=O) groups excluding carboxylic acids is 2. The van der Waals surface area contributed by atoms with Crippen LogP contribution in [0.15, 0.2) is 30.3 Å². The maximum absolute atomic E-state index is 12.4. The molecule has 1 unspecified atom stereocenters. The van der Waals surface area contributed by atoms with E-state index >= 15 is 0 Å². The maximum atomic E-state index is 12.4. The summed E-state index contributed by atoms with van der Waals surface area (Å²) in [6, 6.07) is 7.41. The standard InChI is InChI=1S/C24H35N3O3/c1-30-22-13-5-4-11-20(22)12-7-16-27-17-15-26-24(29)21(27)18-23(28)25-14-6-10-19-8-2-3-9-19/h4-5,7,11-13,19,21H,2-3,6,8-10,14-18H2,1H3,(H,25,28)(H,26,29). The Labute approximate surface area is 180 Å². The average molecular weight is 414 g/mol. The molecule has 0 spiro atoms. The molecule has 2 amide bonds. The summed E-state index contributed by atoms with van der Waals surface area (Å²) in [5, 5.41) is 5.91. The summed E-state index contributed by atoms with van der Waals surface area (Å²) < 4.78 is 5.38. The monoisotopic (exact) mass is 413 g/mol. The van der Waals surface area contributed by atoms with Crippen LogP contribution in [0.1, 0.15) is 50.5 Å². The van der Waals surface area contributed by atoms with E-state index in [0.717, 1.165) is 30.2 Å². The predicted molar refractivity (Wildman–Crippen MR) is 119 cm³/mol. The van der Waals surface area contributed by atoms with Crippen LogP contribution in [0.3, 0.4) is 0 Å². The molecule has 0 bridgehead atoms. The topological polar surface area (TPSA) is 70.7 Å². The van der Waals surface area contributed by atoms with Gasteiger partial charge in [-0.2, -0.15) is 0 Å².